The SMILES string of the molecule is CC1(C)C(=O)NC(=O)CN1CC(Cl)C#N. The zero-order valence-electron chi connectivity index (χ0n) is 8.58. The summed E-state index contributed by atoms with van der Waals surface area (Å²) in [5.74, 6) is -0.721. The summed E-state index contributed by atoms with van der Waals surface area (Å²) in [7, 11) is 0. The van der Waals surface area contributed by atoms with E-state index in [0.29, 0.717) is 0 Å². The maximum atomic E-state index is 11.5. The first-order valence-electron chi connectivity index (χ1n) is 4.51. The average Bonchev–Trinajstić information content (AvgIpc) is 2.14. The van der Waals surface area contributed by atoms with Crippen molar-refractivity contribution in [1.82, 2.24) is 10.2 Å². The third kappa shape index (κ3) is 2.46. The van der Waals surface area contributed by atoms with Crippen molar-refractivity contribution in [2.75, 3.05) is 13.1 Å². The van der Waals surface area contributed by atoms with Crippen molar-refractivity contribution in [1.29, 1.82) is 5.26 Å². The Morgan fingerprint density at radius 1 is 1.67 bits per heavy atom. The largest absolute Gasteiger partial charge is 0.294 e. The molecule has 0 bridgehead atoms. The van der Waals surface area contributed by atoms with Crippen molar-refractivity contribution in [3.63, 3.8) is 0 Å². The Labute approximate surface area is 93.0 Å². The highest BCUT2D eigenvalue weighted by atomic mass is 35.5. The molecular weight excluding hydrogens is 218 g/mol. The molecule has 1 unspecified atom stereocenters. The minimum atomic E-state index is -0.808. The van der Waals surface area contributed by atoms with Gasteiger partial charge in [-0.25, -0.2) is 0 Å². The molecule has 1 N–H and O–H groups in total. The van der Waals surface area contributed by atoms with Gasteiger partial charge in [-0.15, -0.1) is 11.6 Å². The number of hydrogen-bond acceptors (Lipinski definition) is 4. The zero-order valence-corrected chi connectivity index (χ0v) is 9.34. The summed E-state index contributed by atoms with van der Waals surface area (Å²) in [5.41, 5.74) is -0.808. The van der Waals surface area contributed by atoms with Crippen molar-refractivity contribution in [3.05, 3.63) is 0 Å². The molecule has 6 heteroatoms. The number of nitrogens with one attached hydrogen (secondary N) is 1. The van der Waals surface area contributed by atoms with Gasteiger partial charge in [-0.1, -0.05) is 0 Å². The number of hydrogen-bond donors (Lipinski definition) is 1. The van der Waals surface area contributed by atoms with E-state index in [1.165, 1.54) is 0 Å². The van der Waals surface area contributed by atoms with Gasteiger partial charge in [0.2, 0.25) is 11.8 Å². The molecule has 1 atom stereocenters. The molecule has 0 aliphatic carbocycles. The molecule has 0 spiro atoms. The lowest BCUT2D eigenvalue weighted by Crippen LogP contribution is -2.64. The van der Waals surface area contributed by atoms with Crippen LogP contribution in [-0.4, -0.2) is 40.7 Å². The Morgan fingerprint density at radius 3 is 2.80 bits per heavy atom. The Bertz CT molecular complexity index is 335. The van der Waals surface area contributed by atoms with Crippen molar-refractivity contribution in [3.8, 4) is 6.07 Å². The fourth-order valence-electron chi connectivity index (χ4n) is 1.36. The van der Waals surface area contributed by atoms with Gasteiger partial charge < -0.3 is 0 Å². The Morgan fingerprint density at radius 2 is 2.27 bits per heavy atom. The van der Waals surface area contributed by atoms with Gasteiger partial charge in [-0.3, -0.25) is 19.8 Å². The highest BCUT2D eigenvalue weighted by Gasteiger charge is 2.41. The molecule has 0 aromatic rings. The first-order chi connectivity index (χ1) is 6.87. The number of alkyl halides is 1. The number of carbonyl (C=O) groups is 2. The van der Waals surface area contributed by atoms with Crippen molar-refractivity contribution < 1.29 is 9.59 Å². The van der Waals surface area contributed by atoms with Crippen LogP contribution < -0.4 is 5.32 Å². The molecule has 1 fully saturated rings. The number of nitrogens with zero attached hydrogens (tertiary/aromatic N) is 2. The van der Waals surface area contributed by atoms with Gasteiger partial charge in [0.05, 0.1) is 18.2 Å². The molecule has 1 aliphatic heterocycles. The lowest BCUT2D eigenvalue weighted by atomic mass is 9.98. The third-order valence-corrected chi connectivity index (χ3v) is 2.69. The van der Waals surface area contributed by atoms with E-state index < -0.39 is 10.9 Å². The first kappa shape index (κ1) is 12.0. The van der Waals surface area contributed by atoms with E-state index in [9.17, 15) is 9.59 Å². The van der Waals surface area contributed by atoms with Crippen LogP contribution in [0.3, 0.4) is 0 Å². The van der Waals surface area contributed by atoms with Crippen molar-refractivity contribution in [2.24, 2.45) is 0 Å². The van der Waals surface area contributed by atoms with E-state index in [2.05, 4.69) is 5.32 Å². The van der Waals surface area contributed by atoms with E-state index in [1.807, 2.05) is 6.07 Å². The standard InChI is InChI=1S/C9H12ClN3O2/c1-9(2)8(15)12-7(14)5-13(9)4-6(10)3-11/h6H,4-5H2,1-2H3,(H,12,14,15). The molecule has 0 aromatic heterocycles. The minimum Gasteiger partial charge on any atom is -0.294 e. The number of amides is 2. The van der Waals surface area contributed by atoms with Crippen LogP contribution in [0.2, 0.25) is 0 Å². The average molecular weight is 230 g/mol. The lowest BCUT2D eigenvalue weighted by Gasteiger charge is -2.40. The molecular formula is C9H12ClN3O2. The summed E-state index contributed by atoms with van der Waals surface area (Å²) in [4.78, 5) is 24.3. The molecule has 1 saturated heterocycles. The number of nitriles is 1. The second-order valence-electron chi connectivity index (χ2n) is 3.91. The van der Waals surface area contributed by atoms with E-state index in [0.717, 1.165) is 0 Å². The van der Waals surface area contributed by atoms with E-state index >= 15 is 0 Å². The fourth-order valence-corrected chi connectivity index (χ4v) is 1.53. The van der Waals surface area contributed by atoms with Crippen molar-refractivity contribution >= 4 is 23.4 Å². The van der Waals surface area contributed by atoms with Crippen LogP contribution >= 0.6 is 11.6 Å². The van der Waals surface area contributed by atoms with Gasteiger partial charge in [0.1, 0.15) is 5.38 Å². The highest BCUT2D eigenvalue weighted by Crippen LogP contribution is 2.19. The van der Waals surface area contributed by atoms with Gasteiger partial charge >= 0.3 is 0 Å². The normalized spacial score (nSPS) is 23.1. The Hall–Kier alpha value is -1.12. The monoisotopic (exact) mass is 229 g/mol. The topological polar surface area (TPSA) is 73.2 Å². The van der Waals surface area contributed by atoms with Gasteiger partial charge in [0.15, 0.2) is 0 Å². The predicted molar refractivity (Wildman–Crippen MR) is 54.1 cm³/mol. The molecule has 1 heterocycles. The van der Waals surface area contributed by atoms with Gasteiger partial charge in [0.25, 0.3) is 0 Å². The van der Waals surface area contributed by atoms with E-state index in [4.69, 9.17) is 16.9 Å². The third-order valence-electron chi connectivity index (χ3n) is 2.45. The molecule has 1 aliphatic rings. The molecule has 0 saturated carbocycles. The molecule has 5 nitrogen and oxygen atoms in total. The molecule has 0 aromatic carbocycles. The summed E-state index contributed by atoms with van der Waals surface area (Å²) >= 11 is 5.68. The highest BCUT2D eigenvalue weighted by molar-refractivity contribution is 6.22. The van der Waals surface area contributed by atoms with Crippen LogP contribution in [0.25, 0.3) is 0 Å². The van der Waals surface area contributed by atoms with E-state index in [-0.39, 0.29) is 24.9 Å². The van der Waals surface area contributed by atoms with Gasteiger partial charge in [0, 0.05) is 6.54 Å². The quantitative estimate of drug-likeness (QED) is 0.528. The second kappa shape index (κ2) is 4.17. The lowest BCUT2D eigenvalue weighted by molar-refractivity contribution is -0.145. The summed E-state index contributed by atoms with van der Waals surface area (Å²) in [6, 6.07) is 1.86. The van der Waals surface area contributed by atoms with Crippen LogP contribution in [-0.2, 0) is 9.59 Å². The maximum absolute atomic E-state index is 11.5. The number of rotatable bonds is 2. The van der Waals surface area contributed by atoms with Crippen LogP contribution in [0.5, 0.6) is 0 Å². The zero-order chi connectivity index (χ0) is 11.6. The number of piperazine rings is 1. The van der Waals surface area contributed by atoms with Crippen LogP contribution in [0.15, 0.2) is 0 Å². The fraction of sp³-hybridized carbons (Fsp3) is 0.667. The van der Waals surface area contributed by atoms with Crippen molar-refractivity contribution in [2.45, 2.75) is 24.8 Å². The second-order valence-corrected chi connectivity index (χ2v) is 4.44. The van der Waals surface area contributed by atoms with Gasteiger partial charge in [-0.05, 0) is 13.8 Å². The summed E-state index contributed by atoms with van der Waals surface area (Å²) in [5, 5.41) is 10.1. The Kier molecular flexibility index (Phi) is 3.32. The maximum Gasteiger partial charge on any atom is 0.246 e. The molecule has 82 valence electrons. The molecule has 2 amide bonds. The van der Waals surface area contributed by atoms with Crippen LogP contribution in [0.4, 0.5) is 0 Å². The minimum absolute atomic E-state index is 0.0869. The Balaban J connectivity index is 2.81. The first-order valence-corrected chi connectivity index (χ1v) is 4.94. The number of halogens is 1. The van der Waals surface area contributed by atoms with Crippen LogP contribution in [0.1, 0.15) is 13.8 Å². The summed E-state index contributed by atoms with van der Waals surface area (Å²) < 4.78 is 0. The summed E-state index contributed by atoms with van der Waals surface area (Å²) in [6.07, 6.45) is 0. The smallest absolute Gasteiger partial charge is 0.246 e. The van der Waals surface area contributed by atoms with Gasteiger partial charge in [-0.2, -0.15) is 5.26 Å². The van der Waals surface area contributed by atoms with Crippen LogP contribution in [0, 0.1) is 11.3 Å². The number of carbonyl (C=O) groups excluding carboxylic acids is 2. The summed E-state index contributed by atoms with van der Waals surface area (Å²) in [6.45, 7) is 3.67. The molecule has 0 radical (unpaired) electrons. The van der Waals surface area contributed by atoms with E-state index in [1.54, 1.807) is 18.7 Å². The predicted octanol–water partition coefficient (Wildman–Crippen LogP) is -0.146. The molecule has 15 heavy (non-hydrogen) atoms. The molecule has 1 rings (SSSR count). The number of imide groups is 1.